The smallest absolute Gasteiger partial charge is 0.163 e. The van der Waals surface area contributed by atoms with Crippen LogP contribution in [0.3, 0.4) is 0 Å². The van der Waals surface area contributed by atoms with Crippen molar-refractivity contribution in [1.82, 2.24) is 24.5 Å². The molecular weight excluding hydrogens is 787 g/mol. The molecule has 0 spiro atoms. The Morgan fingerprint density at radius 3 is 1.67 bits per heavy atom. The first-order valence-corrected chi connectivity index (χ1v) is 22.0. The van der Waals surface area contributed by atoms with Gasteiger partial charge in [0.15, 0.2) is 11.6 Å². The molecule has 0 saturated carbocycles. The molecule has 0 radical (unpaired) electrons. The first kappa shape index (κ1) is 36.8. The van der Waals surface area contributed by atoms with Gasteiger partial charge in [-0.1, -0.05) is 182 Å². The van der Waals surface area contributed by atoms with Gasteiger partial charge < -0.3 is 0 Å². The summed E-state index contributed by atoms with van der Waals surface area (Å²) in [6.45, 7) is 0. The largest absolute Gasteiger partial charge is 0.292 e. The molecule has 12 rings (SSSR count). The molecule has 0 bridgehead atoms. The lowest BCUT2D eigenvalue weighted by atomic mass is 9.91. The fraction of sp³-hybridized carbons (Fsp3) is 0.0175. The number of rotatable bonds is 8. The van der Waals surface area contributed by atoms with Gasteiger partial charge in [0, 0.05) is 61.1 Å². The summed E-state index contributed by atoms with van der Waals surface area (Å²) in [7, 11) is 0. The van der Waals surface area contributed by atoms with Gasteiger partial charge in [-0.15, -0.1) is 11.3 Å². The van der Waals surface area contributed by atoms with E-state index < -0.39 is 0 Å². The van der Waals surface area contributed by atoms with E-state index >= 15 is 0 Å². The summed E-state index contributed by atoms with van der Waals surface area (Å²) in [5.41, 5.74) is 11.9. The molecule has 12 aromatic rings. The molecule has 0 aliphatic heterocycles. The molecule has 0 unspecified atom stereocenters. The van der Waals surface area contributed by atoms with Crippen molar-refractivity contribution in [2.75, 3.05) is 0 Å². The highest BCUT2D eigenvalue weighted by atomic mass is 32.1. The minimum atomic E-state index is 0.419. The highest BCUT2D eigenvalue weighted by Gasteiger charge is 2.22. The fourth-order valence-electron chi connectivity index (χ4n) is 8.99. The van der Waals surface area contributed by atoms with Crippen LogP contribution in [0, 0.1) is 0 Å². The first-order chi connectivity index (χ1) is 31.2. The van der Waals surface area contributed by atoms with Crippen LogP contribution in [0.25, 0.3) is 104 Å². The second kappa shape index (κ2) is 15.4. The normalized spacial score (nSPS) is 11.6. The van der Waals surface area contributed by atoms with Crippen LogP contribution >= 0.6 is 11.3 Å². The third-order valence-electron chi connectivity index (χ3n) is 12.0. The van der Waals surface area contributed by atoms with Crippen molar-refractivity contribution in [3.8, 4) is 62.0 Å². The molecule has 0 N–H and O–H groups in total. The zero-order valence-corrected chi connectivity index (χ0v) is 34.9. The predicted molar refractivity (Wildman–Crippen MR) is 261 cm³/mol. The molecule has 6 heteroatoms. The van der Waals surface area contributed by atoms with Crippen molar-refractivity contribution < 1.29 is 0 Å². The lowest BCUT2D eigenvalue weighted by Crippen LogP contribution is -2.08. The summed E-state index contributed by atoms with van der Waals surface area (Å²) in [5.74, 6) is 2.79. The average Bonchev–Trinajstić information content (AvgIpc) is 3.91. The molecule has 8 aromatic carbocycles. The standard InChI is InChI=1S/C57H37N5S/c1-5-17-37(18-6-1)44-30-29-41(34-49(44)38-19-7-2-8-20-38)43-33-42(35-52-59-55(39-21-9-3-10-22-39)61-56(60-52)40-23-11-4-12-24-40)57(58-36-43)62-50-27-15-13-25-45(50)47-31-32-48-46-26-14-16-28-51(46)63-54(48)53(47)62/h1-34,36H,35H2. The minimum Gasteiger partial charge on any atom is -0.292 e. The molecule has 296 valence electrons. The van der Waals surface area contributed by atoms with E-state index in [-0.39, 0.29) is 0 Å². The third-order valence-corrected chi connectivity index (χ3v) is 13.1. The Labute approximate surface area is 368 Å². The van der Waals surface area contributed by atoms with Crippen molar-refractivity contribution in [2.45, 2.75) is 6.42 Å². The van der Waals surface area contributed by atoms with Crippen molar-refractivity contribution in [2.24, 2.45) is 0 Å². The average molecular weight is 824 g/mol. The van der Waals surface area contributed by atoms with Gasteiger partial charge in [-0.25, -0.2) is 19.9 Å². The Bertz CT molecular complexity index is 3580. The molecular formula is C57H37N5S. The highest BCUT2D eigenvalue weighted by Crippen LogP contribution is 2.44. The molecule has 0 saturated heterocycles. The second-order valence-electron chi connectivity index (χ2n) is 15.8. The van der Waals surface area contributed by atoms with Crippen LogP contribution in [0.15, 0.2) is 212 Å². The van der Waals surface area contributed by atoms with Crippen LogP contribution in [0.4, 0.5) is 0 Å². The maximum Gasteiger partial charge on any atom is 0.163 e. The Kier molecular flexibility index (Phi) is 9.01. The molecule has 0 amide bonds. The molecule has 63 heavy (non-hydrogen) atoms. The Hall–Kier alpha value is -8.06. The van der Waals surface area contributed by atoms with Crippen LogP contribution in [0.2, 0.25) is 0 Å². The summed E-state index contributed by atoms with van der Waals surface area (Å²) >= 11 is 1.84. The predicted octanol–water partition coefficient (Wildman–Crippen LogP) is 14.7. The molecule has 4 heterocycles. The van der Waals surface area contributed by atoms with Crippen molar-refractivity contribution in [3.05, 3.63) is 224 Å². The van der Waals surface area contributed by atoms with Gasteiger partial charge in [-0.3, -0.25) is 4.57 Å². The van der Waals surface area contributed by atoms with Gasteiger partial charge in [0.05, 0.1) is 15.7 Å². The van der Waals surface area contributed by atoms with Crippen molar-refractivity contribution in [3.63, 3.8) is 0 Å². The van der Waals surface area contributed by atoms with Gasteiger partial charge in [-0.2, -0.15) is 0 Å². The van der Waals surface area contributed by atoms with Crippen LogP contribution < -0.4 is 0 Å². The first-order valence-electron chi connectivity index (χ1n) is 21.2. The monoisotopic (exact) mass is 823 g/mol. The van der Waals surface area contributed by atoms with Gasteiger partial charge in [0.1, 0.15) is 11.6 Å². The van der Waals surface area contributed by atoms with E-state index in [2.05, 4.69) is 174 Å². The fourth-order valence-corrected chi connectivity index (χ4v) is 10.2. The third kappa shape index (κ3) is 6.56. The zero-order valence-electron chi connectivity index (χ0n) is 34.1. The molecule has 0 aliphatic rings. The van der Waals surface area contributed by atoms with E-state index in [0.717, 1.165) is 55.8 Å². The van der Waals surface area contributed by atoms with E-state index in [1.165, 1.54) is 42.1 Å². The SMILES string of the molecule is c1ccc(-c2nc(Cc3cc(-c4ccc(-c5ccccc5)c(-c5ccccc5)c4)cnc3-n3c4ccccc4c4ccc5c6ccccc6sc5c43)nc(-c3ccccc3)n2)cc1. The number of pyridine rings is 1. The van der Waals surface area contributed by atoms with E-state index in [9.17, 15) is 0 Å². The maximum absolute atomic E-state index is 5.50. The molecule has 4 aromatic heterocycles. The summed E-state index contributed by atoms with van der Waals surface area (Å²) in [6.07, 6.45) is 2.46. The number of nitrogens with zero attached hydrogens (tertiary/aromatic N) is 5. The molecule has 0 aliphatic carbocycles. The Morgan fingerprint density at radius 2 is 0.984 bits per heavy atom. The number of para-hydroxylation sites is 1. The van der Waals surface area contributed by atoms with Crippen LogP contribution in [-0.2, 0) is 6.42 Å². The number of hydrogen-bond donors (Lipinski definition) is 0. The quantitative estimate of drug-likeness (QED) is 0.153. The van der Waals surface area contributed by atoms with E-state index in [1.807, 2.05) is 53.9 Å². The highest BCUT2D eigenvalue weighted by molar-refractivity contribution is 7.26. The number of benzene rings is 8. The van der Waals surface area contributed by atoms with E-state index in [0.29, 0.717) is 23.9 Å². The van der Waals surface area contributed by atoms with Crippen molar-refractivity contribution >= 4 is 53.3 Å². The van der Waals surface area contributed by atoms with Crippen LogP contribution in [0.1, 0.15) is 11.4 Å². The summed E-state index contributed by atoms with van der Waals surface area (Å²) in [5, 5.41) is 4.89. The minimum absolute atomic E-state index is 0.419. The van der Waals surface area contributed by atoms with Gasteiger partial charge in [-0.05, 0) is 52.1 Å². The van der Waals surface area contributed by atoms with E-state index in [1.54, 1.807) is 0 Å². The summed E-state index contributed by atoms with van der Waals surface area (Å²) in [4.78, 5) is 20.9. The topological polar surface area (TPSA) is 56.5 Å². The Balaban J connectivity index is 1.11. The number of hydrogen-bond acceptors (Lipinski definition) is 5. The van der Waals surface area contributed by atoms with Gasteiger partial charge >= 0.3 is 0 Å². The molecule has 5 nitrogen and oxygen atoms in total. The Morgan fingerprint density at radius 1 is 0.413 bits per heavy atom. The number of thiophene rings is 1. The van der Waals surface area contributed by atoms with E-state index in [4.69, 9.17) is 19.9 Å². The zero-order chi connectivity index (χ0) is 41.7. The summed E-state index contributed by atoms with van der Waals surface area (Å²) in [6, 6.07) is 72.7. The maximum atomic E-state index is 5.50. The molecule has 0 atom stereocenters. The van der Waals surface area contributed by atoms with Gasteiger partial charge in [0.2, 0.25) is 0 Å². The lowest BCUT2D eigenvalue weighted by Gasteiger charge is -2.17. The lowest BCUT2D eigenvalue weighted by molar-refractivity contribution is 0.914. The van der Waals surface area contributed by atoms with Gasteiger partial charge in [0.25, 0.3) is 0 Å². The number of fused-ring (bicyclic) bond motifs is 7. The second-order valence-corrected chi connectivity index (χ2v) is 16.8. The van der Waals surface area contributed by atoms with Crippen molar-refractivity contribution in [1.29, 1.82) is 0 Å². The molecule has 0 fully saturated rings. The number of aromatic nitrogens is 5. The van der Waals surface area contributed by atoms with Crippen LogP contribution in [-0.4, -0.2) is 24.5 Å². The summed E-state index contributed by atoms with van der Waals surface area (Å²) < 4.78 is 4.89. The van der Waals surface area contributed by atoms with Crippen LogP contribution in [0.5, 0.6) is 0 Å².